The molecule has 0 aromatic rings. The summed E-state index contributed by atoms with van der Waals surface area (Å²) in [6.07, 6.45) is -14.8. The first-order valence-electron chi connectivity index (χ1n) is 24.4. The highest BCUT2D eigenvalue weighted by Gasteiger charge is 2.72. The molecule has 4 saturated carbocycles. The molecule has 0 amide bonds. The summed E-state index contributed by atoms with van der Waals surface area (Å²) in [5.74, 6) is -0.0736. The summed E-state index contributed by atoms with van der Waals surface area (Å²) in [5.41, 5.74) is -1.000. The Morgan fingerprint density at radius 2 is 1.15 bits per heavy atom. The van der Waals surface area contributed by atoms with Crippen molar-refractivity contribution in [2.24, 2.45) is 45.3 Å². The van der Waals surface area contributed by atoms with Gasteiger partial charge in [-0.1, -0.05) is 46.3 Å². The number of allylic oxidation sites excluding steroid dienone is 2. The van der Waals surface area contributed by atoms with Crippen molar-refractivity contribution in [3.05, 3.63) is 11.6 Å². The van der Waals surface area contributed by atoms with Crippen molar-refractivity contribution in [1.29, 1.82) is 0 Å². The van der Waals surface area contributed by atoms with E-state index in [4.69, 9.17) is 28.4 Å². The van der Waals surface area contributed by atoms with E-state index in [1.54, 1.807) is 0 Å². The number of ether oxygens (including phenoxy) is 6. The first-order valence-corrected chi connectivity index (χ1v) is 24.4. The smallest absolute Gasteiger partial charge is 0.187 e. The minimum Gasteiger partial charge on any atom is -0.394 e. The van der Waals surface area contributed by atoms with Gasteiger partial charge in [-0.25, -0.2) is 0 Å². The van der Waals surface area contributed by atoms with E-state index in [1.807, 2.05) is 20.8 Å². The van der Waals surface area contributed by atoms with Crippen LogP contribution in [0.1, 0.15) is 113 Å². The van der Waals surface area contributed by atoms with Crippen molar-refractivity contribution in [3.8, 4) is 0 Å². The van der Waals surface area contributed by atoms with Gasteiger partial charge in [0.1, 0.15) is 73.2 Å². The number of fused-ring (bicyclic) bond motifs is 5. The molecule has 18 heteroatoms. The summed E-state index contributed by atoms with van der Waals surface area (Å²) in [7, 11) is 0. The van der Waals surface area contributed by atoms with Crippen molar-refractivity contribution in [1.82, 2.24) is 0 Å². The van der Waals surface area contributed by atoms with Gasteiger partial charge in [0.2, 0.25) is 0 Å². The molecule has 0 spiro atoms. The van der Waals surface area contributed by atoms with Gasteiger partial charge in [0.15, 0.2) is 18.9 Å². The Hall–Kier alpha value is -0.980. The summed E-state index contributed by atoms with van der Waals surface area (Å²) in [4.78, 5) is 0. The van der Waals surface area contributed by atoms with Crippen molar-refractivity contribution >= 4 is 0 Å². The van der Waals surface area contributed by atoms with Crippen LogP contribution in [-0.4, -0.2) is 191 Å². The molecule has 12 N–H and O–H groups in total. The van der Waals surface area contributed by atoms with Crippen molar-refractivity contribution in [2.75, 3.05) is 19.8 Å². The molecule has 0 aromatic carbocycles. The molecule has 25 atom stereocenters. The van der Waals surface area contributed by atoms with Gasteiger partial charge in [-0.05, 0) is 124 Å². The summed E-state index contributed by atoms with van der Waals surface area (Å²) in [6, 6.07) is 0. The minimum absolute atomic E-state index is 0.122. The average molecular weight is 947 g/mol. The summed E-state index contributed by atoms with van der Waals surface area (Å²) >= 11 is 0. The number of hydrogen-bond donors (Lipinski definition) is 12. The van der Waals surface area contributed by atoms with Gasteiger partial charge < -0.3 is 89.7 Å². The second-order valence-corrected chi connectivity index (χ2v) is 22.9. The lowest BCUT2D eigenvalue weighted by atomic mass is 9.35. The second kappa shape index (κ2) is 19.6. The Morgan fingerprint density at radius 1 is 0.621 bits per heavy atom. The van der Waals surface area contributed by atoms with Gasteiger partial charge in [0, 0.05) is 0 Å². The number of aliphatic hydroxyl groups is 12. The fourth-order valence-electron chi connectivity index (χ4n) is 14.8. The molecule has 3 heterocycles. The van der Waals surface area contributed by atoms with E-state index < -0.39 is 135 Å². The van der Waals surface area contributed by atoms with Crippen LogP contribution in [-0.2, 0) is 28.4 Å². The van der Waals surface area contributed by atoms with Gasteiger partial charge in [-0.3, -0.25) is 0 Å². The molecular weight excluding hydrogens is 865 g/mol. The molecule has 3 saturated heterocycles. The summed E-state index contributed by atoms with van der Waals surface area (Å²) < 4.78 is 36.5. The lowest BCUT2D eigenvalue weighted by molar-refractivity contribution is -0.347. The van der Waals surface area contributed by atoms with E-state index in [2.05, 4.69) is 40.7 Å². The first-order chi connectivity index (χ1) is 30.8. The van der Waals surface area contributed by atoms with Crippen molar-refractivity contribution in [3.63, 3.8) is 0 Å². The SMILES string of the molecule is CC(C)=CCC[C@](C)(O[C@@H]1O[C@H](CO)[C@@H](O)[C@H](O)[C@H]1O)[C@H]1CC[C@]2(C)[C@@H]1[C@H](O)C[C@@H]1[C@@]3(C)CC[C@H](O[C@@H]4O[C@H](CO[C@@H]5O[C@H](CO)[C@@H](O)[C@H](O)[C@H]5O)[C@@H](O)[C@H](O)[C@H]4O)C(C)(C)[C@H]3CC[C@]12C. The van der Waals surface area contributed by atoms with Crippen molar-refractivity contribution < 1.29 is 89.7 Å². The molecule has 66 heavy (non-hydrogen) atoms. The Labute approximate surface area is 388 Å². The predicted octanol–water partition coefficient (Wildman–Crippen LogP) is -0.0268. The zero-order chi connectivity index (χ0) is 48.6. The topological polar surface area (TPSA) is 298 Å². The van der Waals surface area contributed by atoms with E-state index in [0.717, 1.165) is 37.7 Å². The molecule has 0 bridgehead atoms. The maximum atomic E-state index is 12.6. The maximum Gasteiger partial charge on any atom is 0.187 e. The van der Waals surface area contributed by atoms with Gasteiger partial charge >= 0.3 is 0 Å². The molecule has 7 rings (SSSR count). The Kier molecular flexibility index (Phi) is 15.7. The summed E-state index contributed by atoms with van der Waals surface area (Å²) in [5, 5.41) is 128. The van der Waals surface area contributed by atoms with E-state index in [-0.39, 0.29) is 39.9 Å². The monoisotopic (exact) mass is 947 g/mol. The van der Waals surface area contributed by atoms with Crippen LogP contribution in [0.4, 0.5) is 0 Å². The van der Waals surface area contributed by atoms with Crippen LogP contribution in [0.5, 0.6) is 0 Å². The van der Waals surface area contributed by atoms with E-state index in [1.165, 1.54) is 0 Å². The molecule has 3 aliphatic heterocycles. The second-order valence-electron chi connectivity index (χ2n) is 22.9. The summed E-state index contributed by atoms with van der Waals surface area (Å²) in [6.45, 7) is 15.8. The molecule has 382 valence electrons. The predicted molar refractivity (Wildman–Crippen MR) is 234 cm³/mol. The van der Waals surface area contributed by atoms with E-state index >= 15 is 0 Å². The highest BCUT2D eigenvalue weighted by atomic mass is 16.7. The average Bonchev–Trinajstić information content (AvgIpc) is 3.65. The van der Waals surface area contributed by atoms with Crippen LogP contribution in [0.3, 0.4) is 0 Å². The molecule has 18 nitrogen and oxygen atoms in total. The zero-order valence-electron chi connectivity index (χ0n) is 40.0. The maximum absolute atomic E-state index is 12.6. The molecule has 7 fully saturated rings. The molecule has 0 aromatic heterocycles. The van der Waals surface area contributed by atoms with Crippen LogP contribution >= 0.6 is 0 Å². The molecule has 4 aliphatic carbocycles. The normalized spacial score (nSPS) is 52.4. The zero-order valence-corrected chi connectivity index (χ0v) is 40.0. The third-order valence-electron chi connectivity index (χ3n) is 18.8. The van der Waals surface area contributed by atoms with Crippen molar-refractivity contribution in [2.45, 2.75) is 223 Å². The Balaban J connectivity index is 1.08. The highest BCUT2D eigenvalue weighted by Crippen LogP contribution is 2.76. The van der Waals surface area contributed by atoms with Gasteiger partial charge in [-0.15, -0.1) is 0 Å². The Bertz CT molecular complexity index is 1680. The van der Waals surface area contributed by atoms with Crippen LogP contribution in [0.25, 0.3) is 0 Å². The number of hydrogen-bond acceptors (Lipinski definition) is 18. The van der Waals surface area contributed by atoms with Crippen LogP contribution in [0.15, 0.2) is 11.6 Å². The van der Waals surface area contributed by atoms with Crippen LogP contribution in [0, 0.1) is 45.3 Å². The lowest BCUT2D eigenvalue weighted by Crippen LogP contribution is -2.67. The van der Waals surface area contributed by atoms with E-state index in [9.17, 15) is 61.3 Å². The molecule has 0 unspecified atom stereocenters. The highest BCUT2D eigenvalue weighted by molar-refractivity contribution is 5.20. The molecule has 7 aliphatic rings. The van der Waals surface area contributed by atoms with Crippen LogP contribution in [0.2, 0.25) is 0 Å². The van der Waals surface area contributed by atoms with Crippen LogP contribution < -0.4 is 0 Å². The quantitative estimate of drug-likeness (QED) is 0.0853. The molecule has 0 radical (unpaired) electrons. The first kappa shape index (κ1) is 52.8. The minimum atomic E-state index is -1.69. The van der Waals surface area contributed by atoms with Gasteiger partial charge in [0.25, 0.3) is 0 Å². The van der Waals surface area contributed by atoms with Gasteiger partial charge in [-0.2, -0.15) is 0 Å². The fraction of sp³-hybridized carbons (Fsp3) is 0.958. The standard InChI is InChI=1S/C48H82O18/c1-22(2)10-9-14-48(8,66-43-40(60)36(56)33(53)26(20-50)63-43)23-11-16-47(7)31(23)24(51)18-29-45(5)15-13-30(44(3,4)28(45)12-17-46(29,47)6)65-42-39(59)37(57)34(54)27(64-42)21-61-41-38(58)35(55)32(52)25(19-49)62-41/h10,23-43,49-60H,9,11-21H2,1-8H3/t23-,24+,25+,26+,27+,28+,29+,30-,31-,32+,33+,34+,35-,36-,37-,38+,39+,40+,41+,42-,43-,45-,46+,47+,48-/m0/s1. The number of aliphatic hydroxyl groups excluding tert-OH is 12. The van der Waals surface area contributed by atoms with Gasteiger partial charge in [0.05, 0.1) is 37.6 Å². The fourth-order valence-corrected chi connectivity index (χ4v) is 14.8. The third kappa shape index (κ3) is 8.90. The number of rotatable bonds is 13. The Morgan fingerprint density at radius 3 is 1.74 bits per heavy atom. The third-order valence-corrected chi connectivity index (χ3v) is 18.8. The largest absolute Gasteiger partial charge is 0.394 e. The van der Waals surface area contributed by atoms with E-state index in [0.29, 0.717) is 25.7 Å². The molecular formula is C48H82O18. The lowest BCUT2D eigenvalue weighted by Gasteiger charge is -2.71.